The number of fused-ring (bicyclic) bond motifs is 12. The summed E-state index contributed by atoms with van der Waals surface area (Å²) in [6.07, 6.45) is 108. The Balaban J connectivity index is -0.00000166. The molecule has 0 aliphatic heterocycles. The van der Waals surface area contributed by atoms with Crippen LogP contribution in [0, 0.1) is 263 Å². The van der Waals surface area contributed by atoms with Crippen molar-refractivity contribution >= 4 is 68.1 Å². The van der Waals surface area contributed by atoms with Crippen molar-refractivity contribution in [3.63, 3.8) is 0 Å². The molecule has 16 aliphatic rings. The van der Waals surface area contributed by atoms with Crippen LogP contribution in [0.4, 0.5) is 0 Å². The van der Waals surface area contributed by atoms with E-state index in [1.165, 1.54) is 147 Å². The van der Waals surface area contributed by atoms with Crippen LogP contribution in [0.15, 0.2) is 243 Å². The van der Waals surface area contributed by atoms with Crippen LogP contribution in [0.5, 0.6) is 0 Å². The molecule has 0 nitrogen and oxygen atoms in total. The Kier molecular flexibility index (Phi) is 68.8. The van der Waals surface area contributed by atoms with Crippen LogP contribution < -0.4 is 0 Å². The van der Waals surface area contributed by atoms with E-state index >= 15 is 0 Å². The van der Waals surface area contributed by atoms with Gasteiger partial charge in [-0.1, -0.05) is 379 Å². The SMILES string of the molecule is C.C.C.C=CCCC1CCC(C(C)(C)C2C3C=C(C)C=CC3C3C=CC(C(C)(C)C)=CC32)C1.C=CCCC1CCC(C(C)(C)C2C3C=CC=CC3C3C=CC=CC32)C1.C=CCCCC1CCC(C(C)(C)C2C3C=C(C(C)(C)C)C=CC3C3C=CC(C(C)(C)C)=CC32)C1.C=CCCCC1CCC(C(C)(C)C2C3C=CC=CC3C3C=CC=CC32)C1.[CH3-].[CH3-].[CH3-].[CH3-].[CH3-].[CH3-].[CH3-].[CH3-].[Cl][Zr+2][Cl].[Cl][Zr+2][Cl].[Cl][Zr+2][Cl].[Cl][Zr+2][Cl]. The Morgan fingerprint density at radius 1 is 0.261 bits per heavy atom. The zero-order valence-corrected chi connectivity index (χ0v) is 105. The van der Waals surface area contributed by atoms with Gasteiger partial charge in [0.15, 0.2) is 0 Å². The summed E-state index contributed by atoms with van der Waals surface area (Å²) in [5, 5.41) is 0. The van der Waals surface area contributed by atoms with Gasteiger partial charge < -0.3 is 59.4 Å². The fraction of sp³-hybridized carbons (Fsp3) is 0.619. The molecule has 16 aliphatic carbocycles. The van der Waals surface area contributed by atoms with Gasteiger partial charge in [-0.3, -0.25) is 0 Å². The Hall–Kier alpha value is 0.652. The summed E-state index contributed by atoms with van der Waals surface area (Å²) in [7, 11) is 39.5. The molecule has 8 fully saturated rings. The summed E-state index contributed by atoms with van der Waals surface area (Å²) in [5.74, 6) is 21.2. The summed E-state index contributed by atoms with van der Waals surface area (Å²) >= 11 is -3.30. The molecular formula is C126H202Cl8Zr4. The van der Waals surface area contributed by atoms with Crippen LogP contribution in [0.25, 0.3) is 0 Å². The third-order valence-corrected chi connectivity index (χ3v) is 35.4. The number of allylic oxidation sites excluding steroid dienone is 36. The van der Waals surface area contributed by atoms with E-state index in [0.717, 1.165) is 88.8 Å². The summed E-state index contributed by atoms with van der Waals surface area (Å²) in [6, 6.07) is 0. The third kappa shape index (κ3) is 35.9. The molecule has 138 heavy (non-hydrogen) atoms. The predicted octanol–water partition coefficient (Wildman–Crippen LogP) is 43.4. The van der Waals surface area contributed by atoms with Gasteiger partial charge in [0.05, 0.1) is 0 Å². The zero-order chi connectivity index (χ0) is 93.0. The van der Waals surface area contributed by atoms with Gasteiger partial charge in [-0.15, -0.1) is 26.3 Å². The second kappa shape index (κ2) is 66.5. The molecule has 0 saturated heterocycles. The van der Waals surface area contributed by atoms with Crippen molar-refractivity contribution in [2.45, 2.75) is 288 Å². The first-order valence-electron chi connectivity index (χ1n) is 49.6. The molecule has 16 rings (SSSR count). The van der Waals surface area contributed by atoms with Crippen molar-refractivity contribution < 1.29 is 83.4 Å². The molecule has 0 aromatic carbocycles. The first-order chi connectivity index (χ1) is 60.4. The van der Waals surface area contributed by atoms with Gasteiger partial charge >= 0.3 is 151 Å². The van der Waals surface area contributed by atoms with Crippen molar-refractivity contribution in [3.8, 4) is 0 Å². The van der Waals surface area contributed by atoms with Crippen molar-refractivity contribution in [2.24, 2.45) is 204 Å². The van der Waals surface area contributed by atoms with Crippen molar-refractivity contribution in [1.82, 2.24) is 0 Å². The van der Waals surface area contributed by atoms with E-state index in [1.807, 2.05) is 0 Å². The maximum atomic E-state index is 4.93. The van der Waals surface area contributed by atoms with Gasteiger partial charge in [0, 0.05) is 0 Å². The van der Waals surface area contributed by atoms with Gasteiger partial charge in [0.25, 0.3) is 0 Å². The number of hydrogen-bond acceptors (Lipinski definition) is 0. The van der Waals surface area contributed by atoms with E-state index < -0.39 is 83.4 Å². The maximum absolute atomic E-state index is 4.93. The standard InChI is InChI=1S/C34H52.C30H44.C26H36.C25H34.3CH4.8CH3.8ClH.4Zr/c1-10-11-12-13-23-14-15-26(20-23)34(8,9)31-29-21-24(32(2,3)4)16-18-27(29)28-19-17-25(22-30(28)31)33(5,6)7;1-8-9-10-21-12-13-23(18-21)30(6,7)28-26-17-20(2)11-15-24(26)25-16-14-22(19-27(25)28)29(3,4)5;1-4-5-6-11-19-16-17-20(18-19)26(2,3)25-23-14-9-7-12-21(23)22-13-8-10-15-24(22)25;1-4-5-10-18-15-16-19(17-18)25(2,3)24-22-13-8-6-11-20(22)21-12-7-9-14-23(21)24;;;;;;;;;;;;;;;;;;;;;;;/h10,16-19,21-23,26-31H,1,11-15,20H2,2-9H3;8,11,14-17,19,21,23-28H,1,9-10,12-13,18H2,2-7H3;4,7-10,12-15,19-25H,1,5-6,11,16-18H2,2-3H3;4,6-9,11-14,18-24H,1,5,10,15-17H2,2-3H3;3*1H4;8*1H3;8*1H;;;;/q;;;;;;;8*-1;;;;;;;;;4*+4/p-8. The number of rotatable bonds is 22. The Morgan fingerprint density at radius 2 is 0.449 bits per heavy atom. The Labute approximate surface area is 934 Å². The minimum absolute atomic E-state index is 0. The molecule has 0 radical (unpaired) electrons. The van der Waals surface area contributed by atoms with Gasteiger partial charge in [0.2, 0.25) is 0 Å². The van der Waals surface area contributed by atoms with Crippen LogP contribution in [0.3, 0.4) is 0 Å². The topological polar surface area (TPSA) is 0 Å². The second-order valence-electron chi connectivity index (χ2n) is 46.6. The summed E-state index contributed by atoms with van der Waals surface area (Å²) in [5.41, 5.74) is 8.33. The molecule has 0 heterocycles. The monoisotopic (exact) mass is 2350 g/mol. The fourth-order valence-electron chi connectivity index (χ4n) is 28.9. The van der Waals surface area contributed by atoms with Crippen LogP contribution in [-0.2, 0) is 83.4 Å². The average molecular weight is 2370 g/mol. The number of unbranched alkanes of at least 4 members (excludes halogenated alkanes) is 2. The Bertz CT molecular complexity index is 3910. The molecule has 25 unspecified atom stereocenters. The van der Waals surface area contributed by atoms with Gasteiger partial charge in [-0.05, 0) is 330 Å². The average Bonchev–Trinajstić information content (AvgIpc) is 1.62. The Morgan fingerprint density at radius 3 is 0.667 bits per heavy atom. The third-order valence-electron chi connectivity index (χ3n) is 35.4. The van der Waals surface area contributed by atoms with Crippen LogP contribution in [0.2, 0.25) is 0 Å². The molecule has 8 saturated carbocycles. The van der Waals surface area contributed by atoms with Crippen molar-refractivity contribution in [1.29, 1.82) is 0 Å². The van der Waals surface area contributed by atoms with E-state index in [-0.39, 0.29) is 97.9 Å². The van der Waals surface area contributed by atoms with Gasteiger partial charge in [-0.2, -0.15) is 0 Å². The molecule has 25 atom stereocenters. The molecule has 0 spiro atoms. The fourth-order valence-corrected chi connectivity index (χ4v) is 28.9. The second-order valence-corrected chi connectivity index (χ2v) is 61.6. The normalized spacial score (nSPS) is 32.6. The molecule has 0 amide bonds. The molecule has 778 valence electrons. The number of hydrogen-bond donors (Lipinski definition) is 0. The van der Waals surface area contributed by atoms with E-state index in [1.54, 1.807) is 16.7 Å². The summed E-state index contributed by atoms with van der Waals surface area (Å²) in [6.45, 7) is 60.3. The summed E-state index contributed by atoms with van der Waals surface area (Å²) in [4.78, 5) is 0. The van der Waals surface area contributed by atoms with Gasteiger partial charge in [0.1, 0.15) is 0 Å². The molecule has 0 aromatic heterocycles. The summed E-state index contributed by atoms with van der Waals surface area (Å²) < 4.78 is 0. The van der Waals surface area contributed by atoms with E-state index in [0.29, 0.717) is 98.6 Å². The first kappa shape index (κ1) is 143. The molecular weight excluding hydrogens is 2160 g/mol. The minimum atomic E-state index is -0.826. The quantitative estimate of drug-likeness (QED) is 0.0576. The van der Waals surface area contributed by atoms with E-state index in [2.05, 4.69) is 345 Å². The van der Waals surface area contributed by atoms with Crippen molar-refractivity contribution in [3.05, 3.63) is 302 Å². The molecule has 0 aromatic rings. The van der Waals surface area contributed by atoms with E-state index in [9.17, 15) is 0 Å². The van der Waals surface area contributed by atoms with Crippen LogP contribution >= 0.6 is 68.1 Å². The van der Waals surface area contributed by atoms with Crippen LogP contribution in [-0.4, -0.2) is 0 Å². The number of halogens is 8. The molecule has 12 heteroatoms. The van der Waals surface area contributed by atoms with Gasteiger partial charge in [-0.25, -0.2) is 0 Å². The molecule has 0 N–H and O–H groups in total. The van der Waals surface area contributed by atoms with E-state index in [4.69, 9.17) is 68.1 Å². The zero-order valence-electron chi connectivity index (χ0n) is 89.5. The van der Waals surface area contributed by atoms with Crippen molar-refractivity contribution in [2.75, 3.05) is 0 Å². The first-order valence-corrected chi connectivity index (χ1v) is 75.0. The predicted molar refractivity (Wildman–Crippen MR) is 620 cm³/mol. The van der Waals surface area contributed by atoms with Crippen LogP contribution in [0.1, 0.15) is 288 Å². The molecule has 0 bridgehead atoms.